The van der Waals surface area contributed by atoms with Crippen LogP contribution in [-0.2, 0) is 31.6 Å². The fraction of sp³-hybridized carbons (Fsp3) is 0.444. The van der Waals surface area contributed by atoms with Gasteiger partial charge in [-0.15, -0.1) is 0 Å². The molecule has 0 nitrogen and oxygen atoms in total. The van der Waals surface area contributed by atoms with Crippen LogP contribution in [0.1, 0.15) is 26.2 Å². The van der Waals surface area contributed by atoms with Crippen molar-refractivity contribution in [1.82, 2.24) is 0 Å². The van der Waals surface area contributed by atoms with Crippen LogP contribution >= 0.6 is 0 Å². The van der Waals surface area contributed by atoms with Crippen molar-refractivity contribution < 1.29 is 63.4 Å². The smallest absolute Gasteiger partial charge is 1.00 e. The molecule has 1 aromatic rings. The van der Waals surface area contributed by atoms with E-state index in [1.165, 1.54) is 5.46 Å². The monoisotopic (exact) mass is 327 g/mol. The average Bonchev–Trinajstić information content (AvgIpc) is 1.88. The van der Waals surface area contributed by atoms with Gasteiger partial charge in [-0.1, -0.05) is 0 Å². The van der Waals surface area contributed by atoms with Crippen molar-refractivity contribution in [2.45, 2.75) is 26.2 Å². The van der Waals surface area contributed by atoms with E-state index in [1.807, 2.05) is 0 Å². The number of halogens is 3. The summed E-state index contributed by atoms with van der Waals surface area (Å²) in [6, 6.07) is 6.30. The first-order valence-electron chi connectivity index (χ1n) is 3.66. The van der Waals surface area contributed by atoms with E-state index in [2.05, 4.69) is 51.8 Å². The molecule has 0 bridgehead atoms. The van der Waals surface area contributed by atoms with E-state index in [-0.39, 0.29) is 63.4 Å². The molecule has 0 fully saturated rings. The Hall–Kier alpha value is 1.17. The summed E-state index contributed by atoms with van der Waals surface area (Å²) in [4.78, 5) is 0. The fourth-order valence-electron chi connectivity index (χ4n) is 0.938. The first kappa shape index (κ1) is 24.4. The van der Waals surface area contributed by atoms with Gasteiger partial charge in [0.15, 0.2) is 0 Å². The van der Waals surface area contributed by atoms with E-state index in [4.69, 9.17) is 0 Å². The second-order valence-corrected chi connectivity index (χ2v) is 3.62. The van der Waals surface area contributed by atoms with Crippen LogP contribution in [0.25, 0.3) is 0 Å². The van der Waals surface area contributed by atoms with Gasteiger partial charge in [-0.3, -0.25) is 0 Å². The normalized spacial score (nSPS) is 7.93. The third-order valence-corrected chi connectivity index (χ3v) is 1.64. The molecule has 0 aliphatic carbocycles. The third kappa shape index (κ3) is 8.47. The van der Waals surface area contributed by atoms with Gasteiger partial charge in [0.05, 0.1) is 0 Å². The zero-order chi connectivity index (χ0) is 7.61. The van der Waals surface area contributed by atoms with Gasteiger partial charge in [0.25, 0.3) is 0 Å². The molecule has 0 saturated carbocycles. The van der Waals surface area contributed by atoms with Gasteiger partial charge in [-0.05, 0) is 0 Å². The van der Waals surface area contributed by atoms with Gasteiger partial charge >= 0.3 is 88.9 Å². The second-order valence-electron chi connectivity index (χ2n) is 3.62. The molecular formula is C9H13BCl3Zr. The van der Waals surface area contributed by atoms with E-state index >= 15 is 0 Å². The van der Waals surface area contributed by atoms with Crippen molar-refractivity contribution in [2.75, 3.05) is 0 Å². The van der Waals surface area contributed by atoms with Gasteiger partial charge < -0.3 is 37.2 Å². The van der Waals surface area contributed by atoms with Crippen molar-refractivity contribution >= 4 is 6.91 Å². The Morgan fingerprint density at radius 2 is 1.50 bits per heavy atom. The minimum atomic E-state index is 0. The quantitative estimate of drug-likeness (QED) is 0.444. The zero-order valence-corrected chi connectivity index (χ0v) is 13.2. The van der Waals surface area contributed by atoms with Gasteiger partial charge in [0.1, 0.15) is 0 Å². The molecule has 0 N–H and O–H groups in total. The molecule has 1 aromatic heterocycles. The van der Waals surface area contributed by atoms with Crippen LogP contribution in [0.4, 0.5) is 0 Å². The maximum absolute atomic E-state index is 2.22. The van der Waals surface area contributed by atoms with Crippen molar-refractivity contribution in [3.63, 3.8) is 0 Å². The molecule has 1 heterocycles. The van der Waals surface area contributed by atoms with Crippen molar-refractivity contribution in [2.24, 2.45) is 0 Å². The van der Waals surface area contributed by atoms with Crippen LogP contribution in [0.5, 0.6) is 0 Å². The maximum atomic E-state index is 2.22. The van der Waals surface area contributed by atoms with Gasteiger partial charge in [0, 0.05) is 0 Å². The molecule has 1 rings (SSSR count). The molecule has 0 amide bonds. The van der Waals surface area contributed by atoms with Crippen LogP contribution in [0, 0.1) is 0 Å². The Morgan fingerprint density at radius 3 is 1.71 bits per heavy atom. The zero-order valence-electron chi connectivity index (χ0n) is 8.52. The van der Waals surface area contributed by atoms with Crippen LogP contribution in [0.3, 0.4) is 0 Å². The molecule has 0 saturated heterocycles. The molecule has 77 valence electrons. The van der Waals surface area contributed by atoms with E-state index in [0.29, 0.717) is 5.41 Å². The number of rotatable bonds is 0. The third-order valence-electron chi connectivity index (χ3n) is 1.64. The SMILES string of the molecule is CC(C)(C)c1bcccc1.[Cl-].[Cl-].[Cl-].[Zr+3]. The number of hydrogen-bond acceptors (Lipinski definition) is 0. The summed E-state index contributed by atoms with van der Waals surface area (Å²) in [6.45, 7) is 8.84. The minimum Gasteiger partial charge on any atom is -1.00 e. The summed E-state index contributed by atoms with van der Waals surface area (Å²) in [5.74, 6) is 2.08. The number of hydrogen-bond donors (Lipinski definition) is 0. The van der Waals surface area contributed by atoms with Crippen LogP contribution in [0.2, 0.25) is 0 Å². The molecular weight excluding hydrogens is 316 g/mol. The topological polar surface area (TPSA) is 0 Å². The molecule has 14 heavy (non-hydrogen) atoms. The molecule has 1 radical (unpaired) electrons. The van der Waals surface area contributed by atoms with Gasteiger partial charge in [-0.2, -0.15) is 0 Å². The van der Waals surface area contributed by atoms with Crippen LogP contribution < -0.4 is 37.2 Å². The van der Waals surface area contributed by atoms with Crippen LogP contribution in [0.15, 0.2) is 24.2 Å². The van der Waals surface area contributed by atoms with E-state index < -0.39 is 0 Å². The average molecular weight is 330 g/mol. The second kappa shape index (κ2) is 10.7. The van der Waals surface area contributed by atoms with E-state index in [9.17, 15) is 0 Å². The Balaban J connectivity index is -0.000000125. The predicted octanol–water partition coefficient (Wildman–Crippen LogP) is -6.67. The summed E-state index contributed by atoms with van der Waals surface area (Å²) in [5, 5.41) is 0. The first-order chi connectivity index (χ1) is 4.61. The summed E-state index contributed by atoms with van der Waals surface area (Å²) >= 11 is 0. The predicted molar refractivity (Wildman–Crippen MR) is 46.5 cm³/mol. The summed E-state index contributed by atoms with van der Waals surface area (Å²) in [7, 11) is 0. The van der Waals surface area contributed by atoms with Crippen molar-refractivity contribution in [1.29, 1.82) is 0 Å². The molecule has 0 aliphatic heterocycles. The fourth-order valence-corrected chi connectivity index (χ4v) is 0.938. The molecule has 0 atom stereocenters. The maximum Gasteiger partial charge on any atom is 3.00 e. The standard InChI is InChI=1S/C9H13B.3ClH.Zr/c1-9(2,3)8-6-4-5-7-10-8;;;;/h4-7H,1-3H3;3*1H;/q;;;;+3/p-3. The summed E-state index contributed by atoms with van der Waals surface area (Å²) < 4.78 is 0. The van der Waals surface area contributed by atoms with Gasteiger partial charge in [-0.25, -0.2) is 0 Å². The van der Waals surface area contributed by atoms with Crippen molar-refractivity contribution in [3.8, 4) is 0 Å². The minimum absolute atomic E-state index is 0. The Bertz CT molecular complexity index is 211. The Labute approximate surface area is 125 Å². The molecule has 5 heteroatoms. The Morgan fingerprint density at radius 1 is 1.00 bits per heavy atom. The first-order valence-corrected chi connectivity index (χ1v) is 3.66. The molecule has 0 spiro atoms. The largest absolute Gasteiger partial charge is 3.00 e. The molecule has 0 aliphatic rings. The van der Waals surface area contributed by atoms with Crippen molar-refractivity contribution in [3.05, 3.63) is 29.6 Å². The van der Waals surface area contributed by atoms with E-state index in [1.54, 1.807) is 0 Å². The van der Waals surface area contributed by atoms with Gasteiger partial charge in [0.2, 0.25) is 0 Å². The molecule has 0 unspecified atom stereocenters. The van der Waals surface area contributed by atoms with E-state index in [0.717, 1.165) is 0 Å². The Kier molecular flexibility index (Phi) is 18.6. The van der Waals surface area contributed by atoms with Crippen LogP contribution in [-0.4, -0.2) is 6.91 Å². The summed E-state index contributed by atoms with van der Waals surface area (Å²) in [5.41, 5.74) is 1.69. The summed E-state index contributed by atoms with van der Waals surface area (Å²) in [6.07, 6.45) is 0. The molecule has 0 aromatic carbocycles.